The van der Waals surface area contributed by atoms with E-state index in [2.05, 4.69) is 34.0 Å². The van der Waals surface area contributed by atoms with Crippen molar-refractivity contribution < 1.29 is 9.59 Å². The molecule has 0 aliphatic carbocycles. The monoisotopic (exact) mass is 566 g/mol. The smallest absolute Gasteiger partial charge is 0.256 e. The van der Waals surface area contributed by atoms with E-state index in [0.29, 0.717) is 5.57 Å². The molecule has 0 fully saturated rings. The fourth-order valence-electron chi connectivity index (χ4n) is 5.69. The third-order valence-electron chi connectivity index (χ3n) is 8.12. The standard InChI is InChI=1S/C32H34N6O2S/c1-4-37(5-2)15-16-38-14-6-7-26-29(32(38)40)20(3)27(34-26)18-24-23-17-22(8-9-25(23)35-30(24)39)28-19-41-31(36-28)21-10-12-33-13-11-21/h8-13,17-19,34H,4-7,14-16H2,1-3H3,(H,35,39). The van der Waals surface area contributed by atoms with E-state index in [-0.39, 0.29) is 11.8 Å². The Kier molecular flexibility index (Phi) is 7.55. The van der Waals surface area contributed by atoms with E-state index in [1.54, 1.807) is 23.7 Å². The highest BCUT2D eigenvalue weighted by atomic mass is 32.1. The SMILES string of the molecule is CCN(CC)CCN1CCCc2[nH]c(C=C3C(=O)Nc4ccc(-c5csc(-c6ccncc6)n5)cc43)c(C)c2C1=O. The number of aryl methyl sites for hydroxylation is 1. The summed E-state index contributed by atoms with van der Waals surface area (Å²) in [5.74, 6) is -0.0700. The van der Waals surface area contributed by atoms with E-state index in [1.165, 1.54) is 0 Å². The highest BCUT2D eigenvalue weighted by molar-refractivity contribution is 7.13. The molecule has 2 amide bonds. The van der Waals surface area contributed by atoms with Crippen molar-refractivity contribution in [2.75, 3.05) is 38.0 Å². The van der Waals surface area contributed by atoms with Crippen molar-refractivity contribution in [2.45, 2.75) is 33.6 Å². The number of nitrogens with zero attached hydrogens (tertiary/aromatic N) is 4. The number of benzene rings is 1. The highest BCUT2D eigenvalue weighted by Gasteiger charge is 2.29. The molecule has 0 bridgehead atoms. The van der Waals surface area contributed by atoms with Crippen LogP contribution in [0, 0.1) is 6.92 Å². The van der Waals surface area contributed by atoms with Gasteiger partial charge >= 0.3 is 0 Å². The molecule has 3 aromatic heterocycles. The van der Waals surface area contributed by atoms with Gasteiger partial charge < -0.3 is 20.1 Å². The average Bonchev–Trinajstić information content (AvgIpc) is 3.66. The number of anilines is 1. The van der Waals surface area contributed by atoms with Gasteiger partial charge in [0.15, 0.2) is 0 Å². The molecule has 5 heterocycles. The predicted octanol–water partition coefficient (Wildman–Crippen LogP) is 5.73. The van der Waals surface area contributed by atoms with Crippen LogP contribution in [-0.4, -0.2) is 69.3 Å². The Morgan fingerprint density at radius 1 is 1.10 bits per heavy atom. The Morgan fingerprint density at radius 2 is 1.90 bits per heavy atom. The Hall–Kier alpha value is -4.08. The zero-order chi connectivity index (χ0) is 28.5. The number of rotatable bonds is 8. The summed E-state index contributed by atoms with van der Waals surface area (Å²) in [4.78, 5) is 43.5. The van der Waals surface area contributed by atoms with Gasteiger partial charge in [-0.25, -0.2) is 4.98 Å². The number of fused-ring (bicyclic) bond motifs is 2. The molecule has 2 aliphatic heterocycles. The number of hydrogen-bond donors (Lipinski definition) is 2. The molecular weight excluding hydrogens is 532 g/mol. The zero-order valence-electron chi connectivity index (χ0n) is 23.7. The first kappa shape index (κ1) is 27.1. The minimum absolute atomic E-state index is 0.0788. The number of amides is 2. The summed E-state index contributed by atoms with van der Waals surface area (Å²) in [5.41, 5.74) is 8.45. The largest absolute Gasteiger partial charge is 0.358 e. The number of pyridine rings is 1. The molecule has 4 aromatic rings. The average molecular weight is 567 g/mol. The molecule has 210 valence electrons. The molecular formula is C32H34N6O2S. The lowest BCUT2D eigenvalue weighted by atomic mass is 10.0. The summed E-state index contributed by atoms with van der Waals surface area (Å²) in [6.07, 6.45) is 7.14. The van der Waals surface area contributed by atoms with Gasteiger partial charge in [0, 0.05) is 71.2 Å². The van der Waals surface area contributed by atoms with Crippen LogP contribution in [0.15, 0.2) is 48.1 Å². The molecule has 0 atom stereocenters. The summed E-state index contributed by atoms with van der Waals surface area (Å²) >= 11 is 1.58. The third-order valence-corrected chi connectivity index (χ3v) is 9.01. The van der Waals surface area contributed by atoms with Crippen LogP contribution in [0.1, 0.15) is 53.1 Å². The first-order valence-corrected chi connectivity index (χ1v) is 15.1. The van der Waals surface area contributed by atoms with Gasteiger partial charge in [-0.05, 0) is 68.8 Å². The number of aromatic amines is 1. The molecule has 6 rings (SSSR count). The molecule has 41 heavy (non-hydrogen) atoms. The second kappa shape index (κ2) is 11.4. The lowest BCUT2D eigenvalue weighted by molar-refractivity contribution is -0.110. The fourth-order valence-corrected chi connectivity index (χ4v) is 6.53. The van der Waals surface area contributed by atoms with Crippen LogP contribution >= 0.6 is 11.3 Å². The van der Waals surface area contributed by atoms with Crippen LogP contribution in [-0.2, 0) is 11.2 Å². The van der Waals surface area contributed by atoms with Crippen LogP contribution in [0.25, 0.3) is 33.5 Å². The molecule has 8 nitrogen and oxygen atoms in total. The van der Waals surface area contributed by atoms with Crippen LogP contribution < -0.4 is 5.32 Å². The molecule has 2 N–H and O–H groups in total. The molecule has 0 saturated carbocycles. The Balaban J connectivity index is 1.30. The van der Waals surface area contributed by atoms with Crippen LogP contribution in [0.2, 0.25) is 0 Å². The van der Waals surface area contributed by atoms with Crippen molar-refractivity contribution in [3.63, 3.8) is 0 Å². The van der Waals surface area contributed by atoms with Gasteiger partial charge in [-0.1, -0.05) is 19.9 Å². The lowest BCUT2D eigenvalue weighted by Gasteiger charge is -2.25. The Labute approximate surface area is 244 Å². The minimum Gasteiger partial charge on any atom is -0.358 e. The summed E-state index contributed by atoms with van der Waals surface area (Å²) in [7, 11) is 0. The van der Waals surface area contributed by atoms with E-state index in [9.17, 15) is 9.59 Å². The van der Waals surface area contributed by atoms with Crippen LogP contribution in [0.4, 0.5) is 5.69 Å². The molecule has 0 saturated heterocycles. The number of carbonyl (C=O) groups excluding carboxylic acids is 2. The quantitative estimate of drug-likeness (QED) is 0.266. The van der Waals surface area contributed by atoms with Gasteiger partial charge in [0.05, 0.1) is 16.8 Å². The molecule has 2 aliphatic rings. The maximum atomic E-state index is 13.6. The number of likely N-dealkylation sites (N-methyl/N-ethyl adjacent to an activating group) is 1. The molecule has 9 heteroatoms. The molecule has 0 unspecified atom stereocenters. The lowest BCUT2D eigenvalue weighted by Crippen LogP contribution is -2.38. The van der Waals surface area contributed by atoms with Gasteiger partial charge in [-0.15, -0.1) is 11.3 Å². The Bertz CT molecular complexity index is 1630. The first-order valence-electron chi connectivity index (χ1n) is 14.2. The number of thiazole rings is 1. The van der Waals surface area contributed by atoms with Crippen molar-refractivity contribution in [1.82, 2.24) is 24.8 Å². The number of hydrogen-bond acceptors (Lipinski definition) is 6. The summed E-state index contributed by atoms with van der Waals surface area (Å²) in [6.45, 7) is 10.6. The molecule has 1 aromatic carbocycles. The number of nitrogens with one attached hydrogen (secondary N) is 2. The van der Waals surface area contributed by atoms with E-state index < -0.39 is 0 Å². The van der Waals surface area contributed by atoms with Crippen molar-refractivity contribution in [3.05, 3.63) is 76.2 Å². The van der Waals surface area contributed by atoms with Crippen LogP contribution in [0.5, 0.6) is 0 Å². The second-order valence-corrected chi connectivity index (χ2v) is 11.3. The van der Waals surface area contributed by atoms with Gasteiger partial charge in [-0.2, -0.15) is 0 Å². The van der Waals surface area contributed by atoms with Crippen LogP contribution in [0.3, 0.4) is 0 Å². The van der Waals surface area contributed by atoms with Gasteiger partial charge in [-0.3, -0.25) is 14.6 Å². The fraction of sp³-hybridized carbons (Fsp3) is 0.312. The third kappa shape index (κ3) is 5.23. The summed E-state index contributed by atoms with van der Waals surface area (Å²) in [6, 6.07) is 9.84. The number of carbonyl (C=O) groups is 2. The molecule has 0 spiro atoms. The van der Waals surface area contributed by atoms with Gasteiger partial charge in [0.25, 0.3) is 11.8 Å². The maximum Gasteiger partial charge on any atom is 0.256 e. The number of aromatic nitrogens is 3. The van der Waals surface area contributed by atoms with Gasteiger partial charge in [0.1, 0.15) is 5.01 Å². The van der Waals surface area contributed by atoms with Crippen molar-refractivity contribution >= 4 is 40.5 Å². The maximum absolute atomic E-state index is 13.6. The minimum atomic E-state index is -0.149. The van der Waals surface area contributed by atoms with E-state index in [0.717, 1.165) is 101 Å². The van der Waals surface area contributed by atoms with E-state index >= 15 is 0 Å². The van der Waals surface area contributed by atoms with E-state index in [1.807, 2.05) is 53.6 Å². The van der Waals surface area contributed by atoms with Crippen molar-refractivity contribution in [3.8, 4) is 21.8 Å². The Morgan fingerprint density at radius 3 is 2.68 bits per heavy atom. The zero-order valence-corrected chi connectivity index (χ0v) is 24.5. The topological polar surface area (TPSA) is 94.2 Å². The van der Waals surface area contributed by atoms with Crippen molar-refractivity contribution in [2.24, 2.45) is 0 Å². The van der Waals surface area contributed by atoms with E-state index in [4.69, 9.17) is 4.98 Å². The molecule has 0 radical (unpaired) electrons. The van der Waals surface area contributed by atoms with Crippen molar-refractivity contribution in [1.29, 1.82) is 0 Å². The normalized spacial score (nSPS) is 15.8. The number of H-pyrrole nitrogens is 1. The first-order chi connectivity index (χ1) is 20.0. The summed E-state index contributed by atoms with van der Waals surface area (Å²) < 4.78 is 0. The predicted molar refractivity (Wildman–Crippen MR) is 165 cm³/mol. The van der Waals surface area contributed by atoms with Gasteiger partial charge in [0.2, 0.25) is 0 Å². The highest BCUT2D eigenvalue weighted by Crippen LogP contribution is 2.38. The summed E-state index contributed by atoms with van der Waals surface area (Å²) in [5, 5.41) is 5.96. The second-order valence-electron chi connectivity index (χ2n) is 10.5.